The maximum absolute atomic E-state index is 11.8. The van der Waals surface area contributed by atoms with E-state index in [1.54, 1.807) is 14.2 Å². The quantitative estimate of drug-likeness (QED) is 0.571. The van der Waals surface area contributed by atoms with Gasteiger partial charge < -0.3 is 14.2 Å². The van der Waals surface area contributed by atoms with Crippen LogP contribution in [-0.4, -0.2) is 44.8 Å². The van der Waals surface area contributed by atoms with Crippen LogP contribution in [0.25, 0.3) is 0 Å². The molecule has 23 heavy (non-hydrogen) atoms. The Morgan fingerprint density at radius 2 is 1.78 bits per heavy atom. The van der Waals surface area contributed by atoms with Crippen LogP contribution in [0, 0.1) is 5.92 Å². The summed E-state index contributed by atoms with van der Waals surface area (Å²) in [6, 6.07) is 8.30. The second kappa shape index (κ2) is 9.01. The molecule has 5 nitrogen and oxygen atoms in total. The first-order valence-corrected chi connectivity index (χ1v) is 8.21. The Kier molecular flexibility index (Phi) is 7.02. The Bertz CT molecular complexity index is 476. The monoisotopic (exact) mass is 321 g/mol. The number of carbonyl (C=O) groups is 1. The molecule has 0 atom stereocenters. The third kappa shape index (κ3) is 5.03. The standard InChI is InChI=1S/C18H27NO4/c1-4-23-17(20)15-9-11-19(12-10-15)13-14-5-7-16(8-6-14)18(21-2)22-3/h5-8,15,18H,4,9-13H2,1-3H3. The SMILES string of the molecule is CCOC(=O)C1CCN(Cc2ccc(C(OC)OC)cc2)CC1. The van der Waals surface area contributed by atoms with Crippen molar-refractivity contribution in [1.82, 2.24) is 4.90 Å². The van der Waals surface area contributed by atoms with Gasteiger partial charge in [-0.3, -0.25) is 9.69 Å². The molecule has 0 saturated carbocycles. The Labute approximate surface area is 138 Å². The minimum atomic E-state index is -0.315. The Morgan fingerprint density at radius 3 is 2.30 bits per heavy atom. The number of piperidine rings is 1. The van der Waals surface area contributed by atoms with Gasteiger partial charge >= 0.3 is 5.97 Å². The summed E-state index contributed by atoms with van der Waals surface area (Å²) in [7, 11) is 3.27. The van der Waals surface area contributed by atoms with E-state index in [1.807, 2.05) is 19.1 Å². The first kappa shape index (κ1) is 17.9. The molecule has 2 rings (SSSR count). The molecule has 0 spiro atoms. The summed E-state index contributed by atoms with van der Waals surface area (Å²) in [5.41, 5.74) is 2.27. The Hall–Kier alpha value is -1.43. The predicted molar refractivity (Wildman–Crippen MR) is 87.8 cm³/mol. The second-order valence-corrected chi connectivity index (χ2v) is 5.85. The highest BCUT2D eigenvalue weighted by Crippen LogP contribution is 2.22. The van der Waals surface area contributed by atoms with Gasteiger partial charge in [-0.2, -0.15) is 0 Å². The van der Waals surface area contributed by atoms with Gasteiger partial charge in [-0.15, -0.1) is 0 Å². The van der Waals surface area contributed by atoms with Crippen molar-refractivity contribution >= 4 is 5.97 Å². The molecule has 1 aliphatic rings. The maximum Gasteiger partial charge on any atom is 0.309 e. The van der Waals surface area contributed by atoms with Crippen LogP contribution in [0.5, 0.6) is 0 Å². The molecule has 1 heterocycles. The number of rotatable bonds is 7. The molecule has 5 heteroatoms. The Balaban J connectivity index is 1.83. The van der Waals surface area contributed by atoms with Crippen LogP contribution in [-0.2, 0) is 25.5 Å². The van der Waals surface area contributed by atoms with Crippen molar-refractivity contribution in [3.8, 4) is 0 Å². The van der Waals surface area contributed by atoms with Crippen LogP contribution in [0.4, 0.5) is 0 Å². The number of nitrogens with zero attached hydrogens (tertiary/aromatic N) is 1. The zero-order chi connectivity index (χ0) is 16.7. The normalized spacial score (nSPS) is 16.7. The lowest BCUT2D eigenvalue weighted by Gasteiger charge is -2.30. The molecule has 1 fully saturated rings. The molecule has 0 unspecified atom stereocenters. The number of benzene rings is 1. The molecule has 128 valence electrons. The average molecular weight is 321 g/mol. The number of hydrogen-bond acceptors (Lipinski definition) is 5. The molecule has 0 bridgehead atoms. The summed E-state index contributed by atoms with van der Waals surface area (Å²) in [6.45, 7) is 5.10. The van der Waals surface area contributed by atoms with Crippen LogP contribution in [0.1, 0.15) is 37.2 Å². The first-order valence-electron chi connectivity index (χ1n) is 8.21. The van der Waals surface area contributed by atoms with Gasteiger partial charge in [-0.25, -0.2) is 0 Å². The van der Waals surface area contributed by atoms with Crippen LogP contribution in [0.3, 0.4) is 0 Å². The average Bonchev–Trinajstić information content (AvgIpc) is 2.58. The van der Waals surface area contributed by atoms with Gasteiger partial charge in [0.05, 0.1) is 12.5 Å². The van der Waals surface area contributed by atoms with Crippen LogP contribution >= 0.6 is 0 Å². The van der Waals surface area contributed by atoms with Gasteiger partial charge in [0.2, 0.25) is 0 Å². The van der Waals surface area contributed by atoms with E-state index in [1.165, 1.54) is 5.56 Å². The van der Waals surface area contributed by atoms with E-state index in [9.17, 15) is 4.79 Å². The largest absolute Gasteiger partial charge is 0.466 e. The van der Waals surface area contributed by atoms with E-state index in [-0.39, 0.29) is 18.2 Å². The van der Waals surface area contributed by atoms with Crippen molar-refractivity contribution < 1.29 is 19.0 Å². The van der Waals surface area contributed by atoms with Crippen molar-refractivity contribution in [3.05, 3.63) is 35.4 Å². The molecule has 1 saturated heterocycles. The van der Waals surface area contributed by atoms with Gasteiger partial charge in [0.15, 0.2) is 6.29 Å². The molecule has 0 radical (unpaired) electrons. The zero-order valence-corrected chi connectivity index (χ0v) is 14.3. The van der Waals surface area contributed by atoms with E-state index in [0.717, 1.165) is 38.0 Å². The van der Waals surface area contributed by atoms with Gasteiger partial charge in [0, 0.05) is 26.3 Å². The summed E-state index contributed by atoms with van der Waals surface area (Å²) < 4.78 is 15.6. The lowest BCUT2D eigenvalue weighted by atomic mass is 9.96. The fraction of sp³-hybridized carbons (Fsp3) is 0.611. The number of carbonyl (C=O) groups excluding carboxylic acids is 1. The van der Waals surface area contributed by atoms with Crippen molar-refractivity contribution in [2.45, 2.75) is 32.6 Å². The highest BCUT2D eigenvalue weighted by Gasteiger charge is 2.25. The van der Waals surface area contributed by atoms with E-state index in [0.29, 0.717) is 6.61 Å². The van der Waals surface area contributed by atoms with Crippen LogP contribution in [0.2, 0.25) is 0 Å². The molecule has 0 amide bonds. The van der Waals surface area contributed by atoms with E-state index < -0.39 is 0 Å². The fourth-order valence-electron chi connectivity index (χ4n) is 2.99. The van der Waals surface area contributed by atoms with Crippen molar-refractivity contribution in [2.75, 3.05) is 33.9 Å². The zero-order valence-electron chi connectivity index (χ0n) is 14.3. The predicted octanol–water partition coefficient (Wildman–Crippen LogP) is 2.75. The molecule has 0 aliphatic carbocycles. The molecule has 1 aromatic rings. The lowest BCUT2D eigenvalue weighted by molar-refractivity contribution is -0.149. The second-order valence-electron chi connectivity index (χ2n) is 5.85. The number of ether oxygens (including phenoxy) is 3. The molecule has 1 aromatic carbocycles. The van der Waals surface area contributed by atoms with Crippen molar-refractivity contribution in [2.24, 2.45) is 5.92 Å². The smallest absolute Gasteiger partial charge is 0.309 e. The third-order valence-electron chi connectivity index (χ3n) is 4.29. The molecule has 1 aliphatic heterocycles. The number of likely N-dealkylation sites (tertiary alicyclic amines) is 1. The fourth-order valence-corrected chi connectivity index (χ4v) is 2.99. The van der Waals surface area contributed by atoms with E-state index in [2.05, 4.69) is 17.0 Å². The van der Waals surface area contributed by atoms with Gasteiger partial charge in [0.25, 0.3) is 0 Å². The highest BCUT2D eigenvalue weighted by molar-refractivity contribution is 5.72. The number of esters is 1. The maximum atomic E-state index is 11.8. The van der Waals surface area contributed by atoms with E-state index in [4.69, 9.17) is 14.2 Å². The summed E-state index contributed by atoms with van der Waals surface area (Å²) in [5, 5.41) is 0. The van der Waals surface area contributed by atoms with Gasteiger partial charge in [0.1, 0.15) is 0 Å². The molecular weight excluding hydrogens is 294 g/mol. The topological polar surface area (TPSA) is 48.0 Å². The highest BCUT2D eigenvalue weighted by atomic mass is 16.7. The summed E-state index contributed by atoms with van der Waals surface area (Å²) in [4.78, 5) is 14.1. The van der Waals surface area contributed by atoms with Gasteiger partial charge in [-0.05, 0) is 38.4 Å². The summed E-state index contributed by atoms with van der Waals surface area (Å²) in [5.74, 6) is 0.0272. The van der Waals surface area contributed by atoms with Crippen molar-refractivity contribution in [3.63, 3.8) is 0 Å². The lowest BCUT2D eigenvalue weighted by Crippen LogP contribution is -2.36. The third-order valence-corrected chi connectivity index (χ3v) is 4.29. The molecule has 0 aromatic heterocycles. The first-order chi connectivity index (χ1) is 11.2. The number of hydrogen-bond donors (Lipinski definition) is 0. The minimum absolute atomic E-state index is 0.0401. The summed E-state index contributed by atoms with van der Waals surface area (Å²) in [6.07, 6.45) is 1.45. The van der Waals surface area contributed by atoms with Crippen LogP contribution in [0.15, 0.2) is 24.3 Å². The van der Waals surface area contributed by atoms with Crippen molar-refractivity contribution in [1.29, 1.82) is 0 Å². The summed E-state index contributed by atoms with van der Waals surface area (Å²) >= 11 is 0. The molecule has 0 N–H and O–H groups in total. The molecular formula is C18H27NO4. The van der Waals surface area contributed by atoms with E-state index >= 15 is 0 Å². The Morgan fingerprint density at radius 1 is 1.17 bits per heavy atom. The number of methoxy groups -OCH3 is 2. The minimum Gasteiger partial charge on any atom is -0.466 e. The van der Waals surface area contributed by atoms with Crippen LogP contribution < -0.4 is 0 Å². The van der Waals surface area contributed by atoms with Gasteiger partial charge in [-0.1, -0.05) is 24.3 Å².